The van der Waals surface area contributed by atoms with Crippen molar-refractivity contribution in [2.45, 2.75) is 12.5 Å². The van der Waals surface area contributed by atoms with Crippen molar-refractivity contribution < 1.29 is 9.53 Å². The predicted octanol–water partition coefficient (Wildman–Crippen LogP) is 1.42. The van der Waals surface area contributed by atoms with E-state index in [1.54, 1.807) is 6.21 Å². The first kappa shape index (κ1) is 8.94. The van der Waals surface area contributed by atoms with Gasteiger partial charge >= 0.3 is 5.97 Å². The highest BCUT2D eigenvalue weighted by molar-refractivity contribution is 5.84. The van der Waals surface area contributed by atoms with Gasteiger partial charge in [-0.2, -0.15) is 0 Å². The molecule has 1 heterocycles. The van der Waals surface area contributed by atoms with Crippen molar-refractivity contribution in [2.75, 3.05) is 6.61 Å². The molecule has 1 aliphatic rings. The summed E-state index contributed by atoms with van der Waals surface area (Å²) in [4.78, 5) is 15.2. The number of hydrogen-bond donors (Lipinski definition) is 0. The maximum atomic E-state index is 11.1. The Kier molecular flexibility index (Phi) is 2.58. The molecule has 0 saturated carbocycles. The zero-order chi connectivity index (χ0) is 9.80. The predicted molar refractivity (Wildman–Crippen MR) is 53.4 cm³/mol. The van der Waals surface area contributed by atoms with Crippen LogP contribution >= 0.6 is 0 Å². The highest BCUT2D eigenvalue weighted by atomic mass is 16.5. The lowest BCUT2D eigenvalue weighted by Gasteiger charge is -1.96. The largest absolute Gasteiger partial charge is 0.464 e. The average Bonchev–Trinajstić information content (AvgIpc) is 2.63. The van der Waals surface area contributed by atoms with Gasteiger partial charge in [-0.05, 0) is 5.56 Å². The van der Waals surface area contributed by atoms with E-state index >= 15 is 0 Å². The molecular weight excluding hydrogens is 178 g/mol. The standard InChI is InChI=1S/C11H11NO2/c13-11-10(6-7-14-11)12-8-9-4-2-1-3-5-9/h1-5,8,10H,6-7H2. The quantitative estimate of drug-likeness (QED) is 0.521. The normalized spacial score (nSPS) is 21.4. The molecule has 2 rings (SSSR count). The van der Waals surface area contributed by atoms with E-state index in [2.05, 4.69) is 4.99 Å². The lowest BCUT2D eigenvalue weighted by Crippen LogP contribution is -2.11. The van der Waals surface area contributed by atoms with Crippen LogP contribution in [0.2, 0.25) is 0 Å². The summed E-state index contributed by atoms with van der Waals surface area (Å²) in [6.07, 6.45) is 2.42. The molecule has 0 aliphatic carbocycles. The highest BCUT2D eigenvalue weighted by Crippen LogP contribution is 2.09. The molecule has 0 amide bonds. The molecule has 1 atom stereocenters. The maximum Gasteiger partial charge on any atom is 0.330 e. The van der Waals surface area contributed by atoms with Gasteiger partial charge in [0.15, 0.2) is 6.04 Å². The van der Waals surface area contributed by atoms with E-state index in [1.807, 2.05) is 30.3 Å². The first-order chi connectivity index (χ1) is 6.86. The van der Waals surface area contributed by atoms with Crippen molar-refractivity contribution >= 4 is 12.2 Å². The van der Waals surface area contributed by atoms with Crippen molar-refractivity contribution in [1.29, 1.82) is 0 Å². The smallest absolute Gasteiger partial charge is 0.330 e. The number of benzene rings is 1. The van der Waals surface area contributed by atoms with Crippen LogP contribution in [0, 0.1) is 0 Å². The van der Waals surface area contributed by atoms with Gasteiger partial charge in [0.1, 0.15) is 0 Å². The minimum atomic E-state index is -0.296. The molecule has 3 nitrogen and oxygen atoms in total. The van der Waals surface area contributed by atoms with E-state index in [0.717, 1.165) is 5.56 Å². The maximum absolute atomic E-state index is 11.1. The molecule has 3 heteroatoms. The average molecular weight is 189 g/mol. The summed E-state index contributed by atoms with van der Waals surface area (Å²) in [6.45, 7) is 0.496. The van der Waals surface area contributed by atoms with Crippen LogP contribution in [0.15, 0.2) is 35.3 Å². The van der Waals surface area contributed by atoms with Gasteiger partial charge in [-0.3, -0.25) is 4.99 Å². The minimum absolute atomic E-state index is 0.211. The first-order valence-corrected chi connectivity index (χ1v) is 4.61. The number of aliphatic imine (C=N–C) groups is 1. The molecule has 0 aromatic heterocycles. The Morgan fingerprint density at radius 1 is 1.36 bits per heavy atom. The van der Waals surface area contributed by atoms with Gasteiger partial charge in [-0.25, -0.2) is 4.79 Å². The fourth-order valence-corrected chi connectivity index (χ4v) is 1.34. The van der Waals surface area contributed by atoms with Crippen molar-refractivity contribution in [3.8, 4) is 0 Å². The third-order valence-electron chi connectivity index (χ3n) is 2.11. The Labute approximate surface area is 82.4 Å². The van der Waals surface area contributed by atoms with E-state index in [4.69, 9.17) is 4.74 Å². The zero-order valence-electron chi connectivity index (χ0n) is 7.72. The number of cyclic esters (lactones) is 1. The third kappa shape index (κ3) is 1.99. The fraction of sp³-hybridized carbons (Fsp3) is 0.273. The summed E-state index contributed by atoms with van der Waals surface area (Å²) >= 11 is 0. The topological polar surface area (TPSA) is 38.7 Å². The molecular formula is C11H11NO2. The number of esters is 1. The Balaban J connectivity index is 2.03. The van der Waals surface area contributed by atoms with E-state index in [0.29, 0.717) is 13.0 Å². The Morgan fingerprint density at radius 2 is 2.14 bits per heavy atom. The highest BCUT2D eigenvalue weighted by Gasteiger charge is 2.24. The Hall–Kier alpha value is -1.64. The van der Waals surface area contributed by atoms with Gasteiger partial charge in [0.2, 0.25) is 0 Å². The molecule has 72 valence electrons. The van der Waals surface area contributed by atoms with Crippen molar-refractivity contribution in [2.24, 2.45) is 4.99 Å². The van der Waals surface area contributed by atoms with Crippen LogP contribution in [0.4, 0.5) is 0 Å². The Morgan fingerprint density at radius 3 is 2.79 bits per heavy atom. The molecule has 0 bridgehead atoms. The number of carbonyl (C=O) groups is 1. The second-order valence-electron chi connectivity index (χ2n) is 3.16. The minimum Gasteiger partial charge on any atom is -0.464 e. The van der Waals surface area contributed by atoms with Gasteiger partial charge in [0, 0.05) is 12.6 Å². The number of ether oxygens (including phenoxy) is 1. The SMILES string of the molecule is O=C1OCCC1N=Cc1ccccc1. The van der Waals surface area contributed by atoms with Crippen LogP contribution in [0.25, 0.3) is 0 Å². The van der Waals surface area contributed by atoms with Crippen LogP contribution in [0.1, 0.15) is 12.0 Å². The summed E-state index contributed by atoms with van der Waals surface area (Å²) in [6, 6.07) is 9.42. The summed E-state index contributed by atoms with van der Waals surface area (Å²) in [5.41, 5.74) is 1.01. The lowest BCUT2D eigenvalue weighted by molar-refractivity contribution is -0.138. The van der Waals surface area contributed by atoms with Crippen LogP contribution in [-0.2, 0) is 9.53 Å². The molecule has 0 N–H and O–H groups in total. The summed E-state index contributed by atoms with van der Waals surface area (Å²) in [5, 5.41) is 0. The molecule has 1 fully saturated rings. The molecule has 14 heavy (non-hydrogen) atoms. The summed E-state index contributed by atoms with van der Waals surface area (Å²) in [7, 11) is 0. The van der Waals surface area contributed by atoms with E-state index in [-0.39, 0.29) is 12.0 Å². The molecule has 1 aromatic carbocycles. The van der Waals surface area contributed by atoms with Gasteiger partial charge in [-0.15, -0.1) is 0 Å². The van der Waals surface area contributed by atoms with Crippen LogP contribution in [0.5, 0.6) is 0 Å². The van der Waals surface area contributed by atoms with E-state index < -0.39 is 0 Å². The molecule has 1 aliphatic heterocycles. The van der Waals surface area contributed by atoms with Crippen LogP contribution < -0.4 is 0 Å². The summed E-state index contributed by atoms with van der Waals surface area (Å²) < 4.78 is 4.80. The second-order valence-corrected chi connectivity index (χ2v) is 3.16. The first-order valence-electron chi connectivity index (χ1n) is 4.61. The molecule has 1 aromatic rings. The molecule has 0 spiro atoms. The van der Waals surface area contributed by atoms with E-state index in [1.165, 1.54) is 0 Å². The Bertz CT molecular complexity index is 346. The van der Waals surface area contributed by atoms with Crippen LogP contribution in [-0.4, -0.2) is 24.8 Å². The van der Waals surface area contributed by atoms with Crippen molar-refractivity contribution in [1.82, 2.24) is 0 Å². The lowest BCUT2D eigenvalue weighted by atomic mass is 10.2. The van der Waals surface area contributed by atoms with Crippen LogP contribution in [0.3, 0.4) is 0 Å². The van der Waals surface area contributed by atoms with Gasteiger partial charge < -0.3 is 4.74 Å². The van der Waals surface area contributed by atoms with E-state index in [9.17, 15) is 4.79 Å². The number of hydrogen-bond acceptors (Lipinski definition) is 3. The zero-order valence-corrected chi connectivity index (χ0v) is 7.72. The third-order valence-corrected chi connectivity index (χ3v) is 2.11. The number of nitrogens with zero attached hydrogens (tertiary/aromatic N) is 1. The molecule has 1 saturated heterocycles. The fourth-order valence-electron chi connectivity index (χ4n) is 1.34. The molecule has 1 unspecified atom stereocenters. The van der Waals surface area contributed by atoms with Gasteiger partial charge in [0.25, 0.3) is 0 Å². The summed E-state index contributed by atoms with van der Waals surface area (Å²) in [5.74, 6) is -0.211. The second kappa shape index (κ2) is 4.05. The van der Waals surface area contributed by atoms with Crippen molar-refractivity contribution in [3.63, 3.8) is 0 Å². The number of rotatable bonds is 2. The number of carbonyl (C=O) groups excluding carboxylic acids is 1. The van der Waals surface area contributed by atoms with Crippen molar-refractivity contribution in [3.05, 3.63) is 35.9 Å². The molecule has 0 radical (unpaired) electrons. The monoisotopic (exact) mass is 189 g/mol. The van der Waals surface area contributed by atoms with Gasteiger partial charge in [0.05, 0.1) is 6.61 Å². The van der Waals surface area contributed by atoms with Gasteiger partial charge in [-0.1, -0.05) is 30.3 Å².